The van der Waals surface area contributed by atoms with E-state index in [0.717, 1.165) is 34.4 Å². The highest BCUT2D eigenvalue weighted by molar-refractivity contribution is 6.02. The Morgan fingerprint density at radius 1 is 1.04 bits per heavy atom. The Bertz CT molecular complexity index is 1050. The second-order valence-corrected chi connectivity index (χ2v) is 7.20. The highest BCUT2D eigenvalue weighted by Gasteiger charge is 2.31. The molecule has 27 heavy (non-hydrogen) atoms. The van der Waals surface area contributed by atoms with Crippen LogP contribution >= 0.6 is 0 Å². The highest BCUT2D eigenvalue weighted by Crippen LogP contribution is 2.28. The fraction of sp³-hybridized carbons (Fsp3) is 0.300. The molecule has 2 N–H and O–H groups in total. The van der Waals surface area contributed by atoms with Gasteiger partial charge in [0.1, 0.15) is 11.7 Å². The van der Waals surface area contributed by atoms with Crippen LogP contribution in [0.3, 0.4) is 0 Å². The van der Waals surface area contributed by atoms with E-state index in [1.165, 1.54) is 31.4 Å². The van der Waals surface area contributed by atoms with Crippen LogP contribution in [0.4, 0.5) is 5.69 Å². The summed E-state index contributed by atoms with van der Waals surface area (Å²) >= 11 is 0. The maximum atomic E-state index is 10.8. The molecule has 0 spiro atoms. The van der Waals surface area contributed by atoms with Gasteiger partial charge in [-0.3, -0.25) is 15.1 Å². The molecule has 2 heterocycles. The Balaban J connectivity index is 1.46. The highest BCUT2D eigenvalue weighted by atomic mass is 16.6. The van der Waals surface area contributed by atoms with E-state index in [1.807, 2.05) is 12.1 Å². The number of fused-ring (bicyclic) bond motifs is 2. The van der Waals surface area contributed by atoms with Crippen molar-refractivity contribution < 1.29 is 4.92 Å². The van der Waals surface area contributed by atoms with Gasteiger partial charge >= 0.3 is 0 Å². The number of imidazole rings is 1. The van der Waals surface area contributed by atoms with Gasteiger partial charge in [-0.15, -0.1) is 0 Å². The molecule has 5 rings (SSSR count). The lowest BCUT2D eigenvalue weighted by molar-refractivity contribution is -0.384. The van der Waals surface area contributed by atoms with E-state index in [9.17, 15) is 10.1 Å². The van der Waals surface area contributed by atoms with Gasteiger partial charge in [0, 0.05) is 29.3 Å². The van der Waals surface area contributed by atoms with Crippen LogP contribution < -0.4 is 5.32 Å². The maximum Gasteiger partial charge on any atom is 0.269 e. The lowest BCUT2D eigenvalue weighted by Gasteiger charge is -2.23. The molecule has 2 aromatic carbocycles. The first kappa shape index (κ1) is 16.0. The first-order valence-corrected chi connectivity index (χ1v) is 9.27. The largest absolute Gasteiger partial charge is 0.365 e. The number of aliphatic imine (C=N–C) groups is 1. The number of aromatic nitrogens is 2. The van der Waals surface area contributed by atoms with Crippen LogP contribution in [0.2, 0.25) is 0 Å². The lowest BCUT2D eigenvalue weighted by atomic mass is 9.92. The number of non-ortho nitro benzene ring substituents is 1. The molecule has 136 valence electrons. The smallest absolute Gasteiger partial charge is 0.269 e. The molecular weight excluding hydrogens is 342 g/mol. The molecule has 1 aromatic heterocycles. The minimum Gasteiger partial charge on any atom is -0.365 e. The second-order valence-electron chi connectivity index (χ2n) is 7.20. The van der Waals surface area contributed by atoms with Crippen molar-refractivity contribution in [1.29, 1.82) is 0 Å². The fourth-order valence-corrected chi connectivity index (χ4v) is 4.01. The van der Waals surface area contributed by atoms with Crippen molar-refractivity contribution in [2.24, 2.45) is 4.99 Å². The van der Waals surface area contributed by atoms with E-state index in [-0.39, 0.29) is 5.69 Å². The minimum absolute atomic E-state index is 0.0731. The van der Waals surface area contributed by atoms with Crippen LogP contribution in [0.25, 0.3) is 22.4 Å². The zero-order valence-electron chi connectivity index (χ0n) is 14.7. The number of benzene rings is 2. The quantitative estimate of drug-likeness (QED) is 0.548. The van der Waals surface area contributed by atoms with Crippen LogP contribution in [0.15, 0.2) is 47.5 Å². The van der Waals surface area contributed by atoms with Crippen LogP contribution in [0.5, 0.6) is 0 Å². The van der Waals surface area contributed by atoms with E-state index >= 15 is 0 Å². The molecule has 2 aliphatic rings. The van der Waals surface area contributed by atoms with Crippen molar-refractivity contribution in [2.75, 3.05) is 0 Å². The number of nitrogens with zero attached hydrogens (tertiary/aromatic N) is 3. The second kappa shape index (κ2) is 6.19. The van der Waals surface area contributed by atoms with Crippen molar-refractivity contribution in [1.82, 2.24) is 15.3 Å². The molecule has 7 nitrogen and oxygen atoms in total. The van der Waals surface area contributed by atoms with Crippen LogP contribution in [0, 0.1) is 10.1 Å². The van der Waals surface area contributed by atoms with Crippen molar-refractivity contribution in [2.45, 2.75) is 37.8 Å². The predicted octanol–water partition coefficient (Wildman–Crippen LogP) is 3.80. The van der Waals surface area contributed by atoms with Gasteiger partial charge in [-0.1, -0.05) is 12.8 Å². The minimum atomic E-state index is -0.401. The van der Waals surface area contributed by atoms with E-state index in [0.29, 0.717) is 17.9 Å². The Morgan fingerprint density at radius 3 is 2.59 bits per heavy atom. The predicted molar refractivity (Wildman–Crippen MR) is 104 cm³/mol. The summed E-state index contributed by atoms with van der Waals surface area (Å²) in [5, 5.41) is 14.4. The monoisotopic (exact) mass is 361 g/mol. The summed E-state index contributed by atoms with van der Waals surface area (Å²) in [6.45, 7) is 0. The number of aromatic amines is 1. The molecule has 0 saturated heterocycles. The summed E-state index contributed by atoms with van der Waals surface area (Å²) < 4.78 is 0. The number of rotatable bonds is 3. The van der Waals surface area contributed by atoms with Gasteiger partial charge in [-0.2, -0.15) is 0 Å². The lowest BCUT2D eigenvalue weighted by Crippen LogP contribution is -2.36. The summed E-state index contributed by atoms with van der Waals surface area (Å²) in [7, 11) is 0. The maximum absolute atomic E-state index is 10.8. The first-order valence-electron chi connectivity index (χ1n) is 9.27. The van der Waals surface area contributed by atoms with E-state index in [1.54, 1.807) is 12.1 Å². The number of hydrogen-bond acceptors (Lipinski definition) is 5. The normalized spacial score (nSPS) is 21.6. The summed E-state index contributed by atoms with van der Waals surface area (Å²) in [5.74, 6) is 1.67. The fourth-order valence-electron chi connectivity index (χ4n) is 4.01. The van der Waals surface area contributed by atoms with Crippen molar-refractivity contribution >= 4 is 22.6 Å². The third-order valence-electron chi connectivity index (χ3n) is 5.45. The van der Waals surface area contributed by atoms with E-state index in [4.69, 9.17) is 4.99 Å². The van der Waals surface area contributed by atoms with Gasteiger partial charge in [-0.05, 0) is 43.2 Å². The molecule has 1 aliphatic carbocycles. The Labute approximate surface area is 155 Å². The van der Waals surface area contributed by atoms with Crippen molar-refractivity contribution in [3.8, 4) is 11.4 Å². The number of nitrogens with one attached hydrogen (secondary N) is 2. The number of nitro benzene ring substituents is 1. The zero-order chi connectivity index (χ0) is 18.4. The molecule has 1 saturated carbocycles. The van der Waals surface area contributed by atoms with Crippen molar-refractivity contribution in [3.05, 3.63) is 58.1 Å². The molecule has 2 unspecified atom stereocenters. The Hall–Kier alpha value is -3.22. The van der Waals surface area contributed by atoms with Gasteiger partial charge in [0.25, 0.3) is 5.69 Å². The van der Waals surface area contributed by atoms with Gasteiger partial charge in [0.05, 0.1) is 22.0 Å². The van der Waals surface area contributed by atoms with E-state index < -0.39 is 4.92 Å². The summed E-state index contributed by atoms with van der Waals surface area (Å²) in [4.78, 5) is 23.2. The molecule has 7 heteroatoms. The van der Waals surface area contributed by atoms with Gasteiger partial charge in [0.2, 0.25) is 0 Å². The Morgan fingerprint density at radius 2 is 1.81 bits per heavy atom. The summed E-state index contributed by atoms with van der Waals surface area (Å²) in [6.07, 6.45) is 4.89. The summed E-state index contributed by atoms with van der Waals surface area (Å²) in [5.41, 5.74) is 3.75. The number of hydrogen-bond donors (Lipinski definition) is 2. The standard InChI is InChI=1S/C20H19N5O2/c26-25(27)14-8-5-12(6-9-14)19-23-17-10-7-13(11-18(17)24-19)20-21-15-3-1-2-4-16(15)22-20/h5-11,15-16H,1-4H2,(H,21,22)(H,23,24). The molecule has 0 bridgehead atoms. The number of nitro groups is 1. The molecule has 0 radical (unpaired) electrons. The zero-order valence-corrected chi connectivity index (χ0v) is 14.7. The van der Waals surface area contributed by atoms with Gasteiger partial charge < -0.3 is 10.3 Å². The first-order chi connectivity index (χ1) is 13.2. The SMILES string of the molecule is O=[N+]([O-])c1ccc(-c2nc3ccc(C4=NC5CCCCC5N4)cc3[nH]2)cc1. The van der Waals surface area contributed by atoms with Gasteiger partial charge in [0.15, 0.2) is 0 Å². The average molecular weight is 361 g/mol. The van der Waals surface area contributed by atoms with Gasteiger partial charge in [-0.25, -0.2) is 4.98 Å². The molecule has 1 fully saturated rings. The number of amidine groups is 1. The van der Waals surface area contributed by atoms with Crippen LogP contribution in [-0.2, 0) is 0 Å². The summed E-state index contributed by atoms with van der Waals surface area (Å²) in [6, 6.07) is 13.4. The van der Waals surface area contributed by atoms with Crippen molar-refractivity contribution in [3.63, 3.8) is 0 Å². The third-order valence-corrected chi connectivity index (χ3v) is 5.45. The molecular formula is C20H19N5O2. The Kier molecular flexibility index (Phi) is 3.67. The average Bonchev–Trinajstić information content (AvgIpc) is 3.31. The molecule has 0 amide bonds. The molecule has 2 atom stereocenters. The van der Waals surface area contributed by atoms with Crippen LogP contribution in [-0.4, -0.2) is 32.8 Å². The topological polar surface area (TPSA) is 96.2 Å². The van der Waals surface area contributed by atoms with Crippen LogP contribution in [0.1, 0.15) is 31.2 Å². The molecule has 1 aliphatic heterocycles. The van der Waals surface area contributed by atoms with E-state index in [2.05, 4.69) is 21.4 Å². The molecule has 3 aromatic rings. The number of H-pyrrole nitrogens is 1. The third kappa shape index (κ3) is 2.85.